The molecule has 2 rings (SSSR count). The monoisotopic (exact) mass is 276 g/mol. The molecule has 0 atom stereocenters. The molecular weight excluding hydrogens is 256 g/mol. The molecule has 2 aromatic heterocycles. The zero-order chi connectivity index (χ0) is 13.7. The molecule has 0 aromatic carbocycles. The van der Waals surface area contributed by atoms with Gasteiger partial charge in [0.25, 0.3) is 0 Å². The van der Waals surface area contributed by atoms with Crippen LogP contribution in [0.2, 0.25) is 0 Å². The van der Waals surface area contributed by atoms with Crippen molar-refractivity contribution in [3.8, 4) is 11.3 Å². The number of rotatable bonds is 6. The Labute approximate surface area is 118 Å². The molecule has 2 aromatic rings. The maximum atomic E-state index is 4.14. The predicted molar refractivity (Wildman–Crippen MR) is 81.1 cm³/mol. The summed E-state index contributed by atoms with van der Waals surface area (Å²) < 4.78 is 0.248. The third-order valence-electron chi connectivity index (χ3n) is 3.09. The van der Waals surface area contributed by atoms with Crippen molar-refractivity contribution < 1.29 is 0 Å². The summed E-state index contributed by atoms with van der Waals surface area (Å²) in [5.41, 5.74) is 3.29. The number of H-pyrrole nitrogens is 1. The van der Waals surface area contributed by atoms with Crippen LogP contribution in [0.15, 0.2) is 30.7 Å². The lowest BCUT2D eigenvalue weighted by atomic mass is 10.1. The van der Waals surface area contributed by atoms with Crippen LogP contribution in [0, 0.1) is 0 Å². The van der Waals surface area contributed by atoms with Crippen LogP contribution in [0.1, 0.15) is 19.4 Å². The van der Waals surface area contributed by atoms with E-state index in [-0.39, 0.29) is 4.75 Å². The third-order valence-corrected chi connectivity index (χ3v) is 4.34. The molecule has 0 aliphatic heterocycles. The molecule has 0 saturated heterocycles. The van der Waals surface area contributed by atoms with E-state index in [4.69, 9.17) is 0 Å². The largest absolute Gasteiger partial charge is 0.311 e. The van der Waals surface area contributed by atoms with Crippen molar-refractivity contribution in [3.63, 3.8) is 0 Å². The second-order valence-electron chi connectivity index (χ2n) is 5.08. The van der Waals surface area contributed by atoms with Crippen molar-refractivity contribution in [1.29, 1.82) is 0 Å². The molecule has 0 saturated carbocycles. The molecule has 5 heteroatoms. The summed E-state index contributed by atoms with van der Waals surface area (Å²) in [6.45, 7) is 6.25. The summed E-state index contributed by atoms with van der Waals surface area (Å²) >= 11 is 1.87. The van der Waals surface area contributed by atoms with Crippen LogP contribution >= 0.6 is 11.8 Å². The highest BCUT2D eigenvalue weighted by Gasteiger charge is 2.15. The minimum absolute atomic E-state index is 0.248. The van der Waals surface area contributed by atoms with Gasteiger partial charge in [-0.15, -0.1) is 0 Å². The first-order chi connectivity index (χ1) is 9.12. The van der Waals surface area contributed by atoms with Crippen LogP contribution in [-0.2, 0) is 6.54 Å². The average Bonchev–Trinajstić information content (AvgIpc) is 2.88. The number of aromatic amines is 1. The zero-order valence-corrected chi connectivity index (χ0v) is 12.4. The van der Waals surface area contributed by atoms with Crippen molar-refractivity contribution in [2.75, 3.05) is 12.8 Å². The van der Waals surface area contributed by atoms with E-state index >= 15 is 0 Å². The summed E-state index contributed by atoms with van der Waals surface area (Å²) in [6.07, 6.45) is 7.64. The van der Waals surface area contributed by atoms with Gasteiger partial charge in [-0.25, -0.2) is 0 Å². The molecule has 0 aliphatic rings. The smallest absolute Gasteiger partial charge is 0.0710 e. The number of nitrogens with one attached hydrogen (secondary N) is 2. The van der Waals surface area contributed by atoms with E-state index in [9.17, 15) is 0 Å². The van der Waals surface area contributed by atoms with E-state index in [1.54, 1.807) is 6.20 Å². The fourth-order valence-corrected chi connectivity index (χ4v) is 2.02. The van der Waals surface area contributed by atoms with Crippen LogP contribution in [-0.4, -0.2) is 32.7 Å². The van der Waals surface area contributed by atoms with Gasteiger partial charge in [-0.2, -0.15) is 16.9 Å². The van der Waals surface area contributed by atoms with Crippen LogP contribution in [0.25, 0.3) is 11.3 Å². The van der Waals surface area contributed by atoms with Crippen LogP contribution < -0.4 is 5.32 Å². The molecule has 0 aliphatic carbocycles. The number of thioether (sulfide) groups is 1. The molecule has 4 nitrogen and oxygen atoms in total. The van der Waals surface area contributed by atoms with Gasteiger partial charge in [0.15, 0.2) is 0 Å². The Morgan fingerprint density at radius 2 is 2.21 bits per heavy atom. The molecule has 0 radical (unpaired) electrons. The van der Waals surface area contributed by atoms with Gasteiger partial charge in [0.1, 0.15) is 0 Å². The number of hydrogen-bond donors (Lipinski definition) is 2. The van der Waals surface area contributed by atoms with Gasteiger partial charge in [-0.1, -0.05) is 0 Å². The molecule has 19 heavy (non-hydrogen) atoms. The molecule has 0 spiro atoms. The van der Waals surface area contributed by atoms with E-state index in [1.165, 1.54) is 5.56 Å². The van der Waals surface area contributed by atoms with Gasteiger partial charge in [0, 0.05) is 41.4 Å². The lowest BCUT2D eigenvalue weighted by molar-refractivity contribution is 0.591. The first kappa shape index (κ1) is 14.1. The van der Waals surface area contributed by atoms with E-state index in [0.717, 1.165) is 24.3 Å². The fraction of sp³-hybridized carbons (Fsp3) is 0.429. The number of nitrogens with zero attached hydrogens (tertiary/aromatic N) is 2. The maximum absolute atomic E-state index is 4.14. The highest BCUT2D eigenvalue weighted by atomic mass is 32.2. The molecule has 2 N–H and O–H groups in total. The van der Waals surface area contributed by atoms with Gasteiger partial charge in [0.05, 0.1) is 11.9 Å². The van der Waals surface area contributed by atoms with Crippen LogP contribution in [0.3, 0.4) is 0 Å². The Morgan fingerprint density at radius 3 is 2.89 bits per heavy atom. The van der Waals surface area contributed by atoms with E-state index in [1.807, 2.05) is 36.3 Å². The van der Waals surface area contributed by atoms with Crippen molar-refractivity contribution in [1.82, 2.24) is 20.5 Å². The van der Waals surface area contributed by atoms with Crippen molar-refractivity contribution >= 4 is 11.8 Å². The number of pyridine rings is 1. The molecule has 0 bridgehead atoms. The van der Waals surface area contributed by atoms with Crippen molar-refractivity contribution in [2.24, 2.45) is 0 Å². The minimum Gasteiger partial charge on any atom is -0.311 e. The molecule has 2 heterocycles. The maximum Gasteiger partial charge on any atom is 0.0710 e. The molecule has 0 fully saturated rings. The van der Waals surface area contributed by atoms with Gasteiger partial charge >= 0.3 is 0 Å². The highest BCUT2D eigenvalue weighted by molar-refractivity contribution is 7.99. The Bertz CT molecular complexity index is 507. The lowest BCUT2D eigenvalue weighted by Gasteiger charge is -2.22. The Morgan fingerprint density at radius 1 is 1.37 bits per heavy atom. The van der Waals surface area contributed by atoms with E-state index in [0.29, 0.717) is 0 Å². The van der Waals surface area contributed by atoms with Crippen molar-refractivity contribution in [3.05, 3.63) is 36.3 Å². The standard InChI is InChI=1S/C14H20N4S/c1-14(2,19-3)10-16-8-12-9-17-18-13(12)11-5-4-6-15-7-11/h4-7,9,16H,8,10H2,1-3H3,(H,17,18). The first-order valence-electron chi connectivity index (χ1n) is 6.31. The zero-order valence-electron chi connectivity index (χ0n) is 11.6. The third kappa shape index (κ3) is 3.81. The van der Waals surface area contributed by atoms with Gasteiger partial charge in [0.2, 0.25) is 0 Å². The predicted octanol–water partition coefficient (Wildman–Crippen LogP) is 2.70. The molecule has 0 amide bonds. The van der Waals surface area contributed by atoms with Gasteiger partial charge in [-0.05, 0) is 32.2 Å². The quantitative estimate of drug-likeness (QED) is 0.852. The second kappa shape index (κ2) is 6.21. The Kier molecular flexibility index (Phi) is 4.61. The average molecular weight is 276 g/mol. The van der Waals surface area contributed by atoms with Crippen LogP contribution in [0.5, 0.6) is 0 Å². The SMILES string of the molecule is CSC(C)(C)CNCc1cn[nH]c1-c1cccnc1. The summed E-state index contributed by atoms with van der Waals surface area (Å²) in [6, 6.07) is 3.97. The minimum atomic E-state index is 0.248. The molecular formula is C14H20N4S. The van der Waals surface area contributed by atoms with Crippen LogP contribution in [0.4, 0.5) is 0 Å². The Hall–Kier alpha value is -1.33. The molecule has 0 unspecified atom stereocenters. The molecule has 102 valence electrons. The second-order valence-corrected chi connectivity index (χ2v) is 6.59. The van der Waals surface area contributed by atoms with Gasteiger partial charge < -0.3 is 5.32 Å². The number of aromatic nitrogens is 3. The Balaban J connectivity index is 2.01. The normalized spacial score (nSPS) is 11.7. The van der Waals surface area contributed by atoms with E-state index < -0.39 is 0 Å². The number of hydrogen-bond acceptors (Lipinski definition) is 4. The summed E-state index contributed by atoms with van der Waals surface area (Å²) in [7, 11) is 0. The highest BCUT2D eigenvalue weighted by Crippen LogP contribution is 2.21. The summed E-state index contributed by atoms with van der Waals surface area (Å²) in [5, 5.41) is 10.7. The topological polar surface area (TPSA) is 53.6 Å². The van der Waals surface area contributed by atoms with E-state index in [2.05, 4.69) is 40.6 Å². The summed E-state index contributed by atoms with van der Waals surface area (Å²) in [5.74, 6) is 0. The lowest BCUT2D eigenvalue weighted by Crippen LogP contribution is -2.31. The first-order valence-corrected chi connectivity index (χ1v) is 7.53. The van der Waals surface area contributed by atoms with Gasteiger partial charge in [-0.3, -0.25) is 10.1 Å². The fourth-order valence-electron chi connectivity index (χ4n) is 1.78. The van der Waals surface area contributed by atoms with Crippen molar-refractivity contribution in [2.45, 2.75) is 25.1 Å². The summed E-state index contributed by atoms with van der Waals surface area (Å²) in [4.78, 5) is 4.14.